The summed E-state index contributed by atoms with van der Waals surface area (Å²) in [5, 5.41) is 0. The number of H-pyrrole nitrogens is 1. The van der Waals surface area contributed by atoms with E-state index < -0.39 is 12.5 Å². The Labute approximate surface area is 75.6 Å². The monoisotopic (exact) mass is 196 g/mol. The lowest BCUT2D eigenvalue weighted by Crippen LogP contribution is -2.14. The van der Waals surface area contributed by atoms with Gasteiger partial charge < -0.3 is 10.7 Å². The van der Waals surface area contributed by atoms with E-state index in [2.05, 4.69) is 4.98 Å². The fraction of sp³-hybridized carbons (Fsp3) is 0.429. The third-order valence-electron chi connectivity index (χ3n) is 1.45. The standard InChI is InChI=1S/C7H10F2N2.ClH/c8-7(9)4-5(10)6-2-1-3-11-6;/h1-3,5,7,11H,4,10H2;1H/t5-;/m1./s1. The molecular formula is C7H11ClF2N2. The summed E-state index contributed by atoms with van der Waals surface area (Å²) < 4.78 is 23.6. The van der Waals surface area contributed by atoms with E-state index in [-0.39, 0.29) is 18.8 Å². The van der Waals surface area contributed by atoms with Gasteiger partial charge in [0.1, 0.15) is 0 Å². The van der Waals surface area contributed by atoms with Gasteiger partial charge in [0, 0.05) is 18.3 Å². The molecule has 0 aliphatic rings. The van der Waals surface area contributed by atoms with Crippen LogP contribution in [-0.2, 0) is 0 Å². The second-order valence-electron chi connectivity index (χ2n) is 2.36. The van der Waals surface area contributed by atoms with Crippen molar-refractivity contribution in [3.63, 3.8) is 0 Å². The quantitative estimate of drug-likeness (QED) is 0.764. The average molecular weight is 197 g/mol. The van der Waals surface area contributed by atoms with Crippen molar-refractivity contribution in [2.45, 2.75) is 18.9 Å². The smallest absolute Gasteiger partial charge is 0.240 e. The van der Waals surface area contributed by atoms with Gasteiger partial charge in [-0.2, -0.15) is 0 Å². The zero-order valence-corrected chi connectivity index (χ0v) is 7.15. The highest BCUT2D eigenvalue weighted by atomic mass is 35.5. The van der Waals surface area contributed by atoms with Crippen molar-refractivity contribution >= 4 is 12.4 Å². The van der Waals surface area contributed by atoms with E-state index in [0.29, 0.717) is 5.69 Å². The number of aromatic amines is 1. The molecule has 1 rings (SSSR count). The number of hydrogen-bond donors (Lipinski definition) is 2. The molecule has 70 valence electrons. The van der Waals surface area contributed by atoms with Gasteiger partial charge in [-0.15, -0.1) is 12.4 Å². The summed E-state index contributed by atoms with van der Waals surface area (Å²) in [6.45, 7) is 0. The molecule has 0 saturated heterocycles. The van der Waals surface area contributed by atoms with Crippen LogP contribution in [0.2, 0.25) is 0 Å². The molecule has 3 N–H and O–H groups in total. The molecule has 0 saturated carbocycles. The minimum absolute atomic E-state index is 0. The van der Waals surface area contributed by atoms with E-state index in [0.717, 1.165) is 0 Å². The molecule has 5 heteroatoms. The zero-order valence-electron chi connectivity index (χ0n) is 6.34. The van der Waals surface area contributed by atoms with Crippen LogP contribution in [-0.4, -0.2) is 11.4 Å². The summed E-state index contributed by atoms with van der Waals surface area (Å²) in [5.74, 6) is 0. The van der Waals surface area contributed by atoms with Gasteiger partial charge in [-0.1, -0.05) is 0 Å². The summed E-state index contributed by atoms with van der Waals surface area (Å²) in [4.78, 5) is 2.78. The Hall–Kier alpha value is -0.610. The Morgan fingerprint density at radius 3 is 2.58 bits per heavy atom. The van der Waals surface area contributed by atoms with E-state index in [1.165, 1.54) is 0 Å². The third-order valence-corrected chi connectivity index (χ3v) is 1.45. The van der Waals surface area contributed by atoms with Crippen LogP contribution in [0.3, 0.4) is 0 Å². The van der Waals surface area contributed by atoms with E-state index in [1.807, 2.05) is 0 Å². The Morgan fingerprint density at radius 2 is 2.17 bits per heavy atom. The molecule has 0 radical (unpaired) electrons. The lowest BCUT2D eigenvalue weighted by atomic mass is 10.2. The molecule has 0 unspecified atom stereocenters. The molecule has 0 amide bonds. The summed E-state index contributed by atoms with van der Waals surface area (Å²) >= 11 is 0. The number of rotatable bonds is 3. The minimum atomic E-state index is -2.34. The molecular weight excluding hydrogens is 186 g/mol. The van der Waals surface area contributed by atoms with Crippen molar-refractivity contribution in [1.82, 2.24) is 4.98 Å². The van der Waals surface area contributed by atoms with Gasteiger partial charge in [-0.05, 0) is 12.1 Å². The molecule has 0 aromatic carbocycles. The summed E-state index contributed by atoms with van der Waals surface area (Å²) in [6, 6.07) is 2.86. The Morgan fingerprint density at radius 1 is 1.50 bits per heavy atom. The van der Waals surface area contributed by atoms with Gasteiger partial charge >= 0.3 is 0 Å². The highest BCUT2D eigenvalue weighted by Gasteiger charge is 2.12. The molecule has 1 heterocycles. The van der Waals surface area contributed by atoms with Gasteiger partial charge in [0.25, 0.3) is 0 Å². The predicted octanol–water partition coefficient (Wildman–Crippen LogP) is 2.09. The number of alkyl halides is 2. The van der Waals surface area contributed by atoms with Crippen molar-refractivity contribution in [1.29, 1.82) is 0 Å². The molecule has 0 spiro atoms. The Bertz CT molecular complexity index is 201. The molecule has 0 bridgehead atoms. The van der Waals surface area contributed by atoms with Crippen molar-refractivity contribution < 1.29 is 8.78 Å². The number of nitrogens with one attached hydrogen (secondary N) is 1. The maximum Gasteiger partial charge on any atom is 0.240 e. The van der Waals surface area contributed by atoms with Crippen LogP contribution in [0.5, 0.6) is 0 Å². The second-order valence-corrected chi connectivity index (χ2v) is 2.36. The fourth-order valence-corrected chi connectivity index (χ4v) is 0.894. The maximum absolute atomic E-state index is 11.8. The summed E-state index contributed by atoms with van der Waals surface area (Å²) in [6.07, 6.45) is -0.963. The number of aromatic nitrogens is 1. The van der Waals surface area contributed by atoms with E-state index in [1.54, 1.807) is 18.3 Å². The topological polar surface area (TPSA) is 41.8 Å². The van der Waals surface area contributed by atoms with E-state index in [4.69, 9.17) is 5.73 Å². The van der Waals surface area contributed by atoms with Crippen LogP contribution < -0.4 is 5.73 Å². The lowest BCUT2D eigenvalue weighted by molar-refractivity contribution is 0.128. The summed E-state index contributed by atoms with van der Waals surface area (Å²) in [5.41, 5.74) is 6.09. The van der Waals surface area contributed by atoms with E-state index >= 15 is 0 Å². The predicted molar refractivity (Wildman–Crippen MR) is 45.6 cm³/mol. The van der Waals surface area contributed by atoms with E-state index in [9.17, 15) is 8.78 Å². The van der Waals surface area contributed by atoms with Crippen molar-refractivity contribution in [3.8, 4) is 0 Å². The average Bonchev–Trinajstić information content (AvgIpc) is 2.35. The van der Waals surface area contributed by atoms with Crippen LogP contribution in [0.1, 0.15) is 18.2 Å². The maximum atomic E-state index is 11.8. The third kappa shape index (κ3) is 3.19. The molecule has 0 aliphatic carbocycles. The zero-order chi connectivity index (χ0) is 8.27. The molecule has 2 nitrogen and oxygen atoms in total. The van der Waals surface area contributed by atoms with Crippen LogP contribution in [0, 0.1) is 0 Å². The van der Waals surface area contributed by atoms with Crippen molar-refractivity contribution in [2.24, 2.45) is 5.73 Å². The Balaban J connectivity index is 0.00000121. The first kappa shape index (κ1) is 11.4. The van der Waals surface area contributed by atoms with Gasteiger partial charge in [0.05, 0.1) is 6.04 Å². The van der Waals surface area contributed by atoms with Crippen molar-refractivity contribution in [2.75, 3.05) is 0 Å². The lowest BCUT2D eigenvalue weighted by Gasteiger charge is -2.07. The normalized spacial score (nSPS) is 12.7. The largest absolute Gasteiger partial charge is 0.364 e. The SMILES string of the molecule is Cl.N[C@H](CC(F)F)c1ccc[nH]1. The number of hydrogen-bond acceptors (Lipinski definition) is 1. The first-order chi connectivity index (χ1) is 5.20. The first-order valence-corrected chi connectivity index (χ1v) is 3.37. The molecule has 12 heavy (non-hydrogen) atoms. The molecule has 0 aliphatic heterocycles. The van der Waals surface area contributed by atoms with Crippen LogP contribution >= 0.6 is 12.4 Å². The van der Waals surface area contributed by atoms with Crippen LogP contribution in [0.15, 0.2) is 18.3 Å². The molecule has 1 atom stereocenters. The van der Waals surface area contributed by atoms with Gasteiger partial charge in [-0.3, -0.25) is 0 Å². The summed E-state index contributed by atoms with van der Waals surface area (Å²) in [7, 11) is 0. The van der Waals surface area contributed by atoms with Gasteiger partial charge in [-0.25, -0.2) is 8.78 Å². The second kappa shape index (κ2) is 5.11. The number of nitrogens with two attached hydrogens (primary N) is 1. The molecule has 0 fully saturated rings. The van der Waals surface area contributed by atoms with Crippen LogP contribution in [0.25, 0.3) is 0 Å². The first-order valence-electron chi connectivity index (χ1n) is 3.37. The van der Waals surface area contributed by atoms with Gasteiger partial charge in [0.2, 0.25) is 6.43 Å². The highest BCUT2D eigenvalue weighted by Crippen LogP contribution is 2.15. The highest BCUT2D eigenvalue weighted by molar-refractivity contribution is 5.85. The fourth-order valence-electron chi connectivity index (χ4n) is 0.894. The minimum Gasteiger partial charge on any atom is -0.364 e. The molecule has 1 aromatic rings. The number of halogens is 3. The van der Waals surface area contributed by atoms with Gasteiger partial charge in [0.15, 0.2) is 0 Å². The van der Waals surface area contributed by atoms with Crippen molar-refractivity contribution in [3.05, 3.63) is 24.0 Å². The van der Waals surface area contributed by atoms with Crippen LogP contribution in [0.4, 0.5) is 8.78 Å². The Kier molecular flexibility index (Phi) is 4.85. The molecule has 1 aromatic heterocycles.